The number of hydrogen-bond acceptors (Lipinski definition) is 5. The van der Waals surface area contributed by atoms with E-state index in [9.17, 15) is 13.2 Å². The van der Waals surface area contributed by atoms with E-state index in [4.69, 9.17) is 5.14 Å². The number of carbonyl (C=O) groups is 1. The molecule has 0 saturated carbocycles. The van der Waals surface area contributed by atoms with Gasteiger partial charge in [0.2, 0.25) is 10.0 Å². The molecule has 0 unspecified atom stereocenters. The Morgan fingerprint density at radius 1 is 1.07 bits per heavy atom. The normalized spacial score (nSPS) is 11.2. The number of primary sulfonamides is 1. The first-order valence-electron chi connectivity index (χ1n) is 8.61. The third-order valence-corrected chi connectivity index (χ3v) is 6.48. The number of nitrogens with two attached hydrogens (primary N) is 1. The fourth-order valence-electron chi connectivity index (χ4n) is 2.52. The van der Waals surface area contributed by atoms with Crippen molar-refractivity contribution in [3.63, 3.8) is 0 Å². The Labute approximate surface area is 182 Å². The van der Waals surface area contributed by atoms with Crippen LogP contribution in [0.2, 0.25) is 0 Å². The fraction of sp³-hybridized carbons (Fsp3) is 0.100. The number of rotatable bonds is 7. The maximum Gasteiger partial charge on any atom is 0.254 e. The van der Waals surface area contributed by atoms with Gasteiger partial charge in [-0.15, -0.1) is 0 Å². The van der Waals surface area contributed by atoms with Crippen molar-refractivity contribution in [2.45, 2.75) is 21.2 Å². The van der Waals surface area contributed by atoms with Crippen molar-refractivity contribution in [3.05, 3.63) is 82.5 Å². The van der Waals surface area contributed by atoms with Crippen LogP contribution >= 0.6 is 27.7 Å². The second kappa shape index (κ2) is 9.53. The van der Waals surface area contributed by atoms with Gasteiger partial charge in [-0.3, -0.25) is 4.79 Å². The van der Waals surface area contributed by atoms with E-state index >= 15 is 0 Å². The Bertz CT molecular complexity index is 1100. The zero-order valence-electron chi connectivity index (χ0n) is 15.2. The highest BCUT2D eigenvalue weighted by Gasteiger charge is 2.13. The van der Waals surface area contributed by atoms with Crippen molar-refractivity contribution in [2.75, 3.05) is 6.54 Å². The number of halogens is 1. The number of sulfonamides is 1. The molecule has 3 aromatic rings. The van der Waals surface area contributed by atoms with Gasteiger partial charge in [-0.2, -0.15) is 0 Å². The molecule has 29 heavy (non-hydrogen) atoms. The summed E-state index contributed by atoms with van der Waals surface area (Å²) < 4.78 is 23.6. The van der Waals surface area contributed by atoms with Gasteiger partial charge in [0.05, 0.1) is 10.5 Å². The molecule has 6 nitrogen and oxygen atoms in total. The van der Waals surface area contributed by atoms with E-state index in [2.05, 4.69) is 26.2 Å². The lowest BCUT2D eigenvalue weighted by Gasteiger charge is -2.09. The summed E-state index contributed by atoms with van der Waals surface area (Å²) in [5.41, 5.74) is 1.40. The predicted molar refractivity (Wildman–Crippen MR) is 116 cm³/mol. The van der Waals surface area contributed by atoms with Crippen molar-refractivity contribution in [3.8, 4) is 0 Å². The number of nitrogens with one attached hydrogen (secondary N) is 1. The monoisotopic (exact) mass is 491 g/mol. The molecule has 0 fully saturated rings. The van der Waals surface area contributed by atoms with E-state index in [1.54, 1.807) is 30.5 Å². The quantitative estimate of drug-likeness (QED) is 0.525. The van der Waals surface area contributed by atoms with E-state index in [1.165, 1.54) is 23.9 Å². The number of nitrogens with zero attached hydrogens (tertiary/aromatic N) is 1. The minimum absolute atomic E-state index is 0.0650. The largest absolute Gasteiger partial charge is 0.352 e. The molecule has 0 bridgehead atoms. The summed E-state index contributed by atoms with van der Waals surface area (Å²) in [5.74, 6) is -0.209. The Hall–Kier alpha value is -2.20. The summed E-state index contributed by atoms with van der Waals surface area (Å²) in [4.78, 5) is 18.0. The number of aromatic nitrogens is 1. The summed E-state index contributed by atoms with van der Waals surface area (Å²) in [7, 11) is -3.70. The second-order valence-corrected chi connectivity index (χ2v) is 9.65. The van der Waals surface area contributed by atoms with Crippen molar-refractivity contribution < 1.29 is 13.2 Å². The standard InChI is InChI=1S/C20H18BrN3O3S2/c21-15-5-7-16(8-6-15)28-20-18(2-1-12-24-20)19(25)23-13-11-14-3-9-17(10-4-14)29(22,26)27/h1-10,12H,11,13H2,(H,23,25)(H2,22,26,27). The smallest absolute Gasteiger partial charge is 0.254 e. The number of hydrogen-bond donors (Lipinski definition) is 2. The van der Waals surface area contributed by atoms with Crippen LogP contribution in [-0.4, -0.2) is 25.9 Å². The van der Waals surface area contributed by atoms with Gasteiger partial charge >= 0.3 is 0 Å². The second-order valence-electron chi connectivity index (χ2n) is 6.11. The number of pyridine rings is 1. The van der Waals surface area contributed by atoms with Gasteiger partial charge in [0.25, 0.3) is 5.91 Å². The number of carbonyl (C=O) groups excluding carboxylic acids is 1. The SMILES string of the molecule is NS(=O)(=O)c1ccc(CCNC(=O)c2cccnc2Sc2ccc(Br)cc2)cc1. The minimum atomic E-state index is -3.70. The van der Waals surface area contributed by atoms with E-state index in [1.807, 2.05) is 24.3 Å². The molecule has 2 aromatic carbocycles. The lowest BCUT2D eigenvalue weighted by Crippen LogP contribution is -2.26. The van der Waals surface area contributed by atoms with Gasteiger partial charge < -0.3 is 5.32 Å². The van der Waals surface area contributed by atoms with Gasteiger partial charge in [0, 0.05) is 22.1 Å². The molecule has 1 heterocycles. The first kappa shape index (κ1) is 21.5. The van der Waals surface area contributed by atoms with Crippen molar-refractivity contribution >= 4 is 43.6 Å². The van der Waals surface area contributed by atoms with Crippen LogP contribution in [0.25, 0.3) is 0 Å². The predicted octanol–water partition coefficient (Wildman–Crippen LogP) is 3.62. The maximum atomic E-state index is 12.6. The molecule has 150 valence electrons. The summed E-state index contributed by atoms with van der Waals surface area (Å²) >= 11 is 4.83. The maximum absolute atomic E-state index is 12.6. The van der Waals surface area contributed by atoms with Crippen molar-refractivity contribution in [1.82, 2.24) is 10.3 Å². The Balaban J connectivity index is 1.61. The zero-order valence-corrected chi connectivity index (χ0v) is 18.4. The van der Waals surface area contributed by atoms with Crippen LogP contribution in [0.3, 0.4) is 0 Å². The molecular formula is C20H18BrN3O3S2. The van der Waals surface area contributed by atoms with Gasteiger partial charge in [-0.05, 0) is 60.5 Å². The van der Waals surface area contributed by atoms with Crippen LogP contribution in [0.1, 0.15) is 15.9 Å². The molecular weight excluding hydrogens is 474 g/mol. The van der Waals surface area contributed by atoms with E-state index in [-0.39, 0.29) is 10.8 Å². The minimum Gasteiger partial charge on any atom is -0.352 e. The van der Waals surface area contributed by atoms with Crippen molar-refractivity contribution in [2.24, 2.45) is 5.14 Å². The van der Waals surface area contributed by atoms with Crippen molar-refractivity contribution in [1.29, 1.82) is 0 Å². The molecule has 0 atom stereocenters. The van der Waals surface area contributed by atoms with Gasteiger partial charge in [0.15, 0.2) is 0 Å². The van der Waals surface area contributed by atoms with Gasteiger partial charge in [-0.1, -0.05) is 39.8 Å². The molecule has 1 aromatic heterocycles. The molecule has 1 amide bonds. The Kier molecular flexibility index (Phi) is 7.07. The number of amides is 1. The molecule has 9 heteroatoms. The van der Waals surface area contributed by atoms with Crippen LogP contribution < -0.4 is 10.5 Å². The fourth-order valence-corrected chi connectivity index (χ4v) is 4.18. The molecule has 0 saturated heterocycles. The molecule has 0 aliphatic rings. The molecule has 3 N–H and O–H groups in total. The van der Waals surface area contributed by atoms with Crippen LogP contribution in [0.4, 0.5) is 0 Å². The topological polar surface area (TPSA) is 102 Å². The average molecular weight is 492 g/mol. The van der Waals surface area contributed by atoms with Gasteiger partial charge in [-0.25, -0.2) is 18.5 Å². The molecule has 3 rings (SSSR count). The van der Waals surface area contributed by atoms with Crippen LogP contribution in [0, 0.1) is 0 Å². The molecule has 0 aliphatic carbocycles. The lowest BCUT2D eigenvalue weighted by molar-refractivity contribution is 0.0950. The Morgan fingerprint density at radius 2 is 1.76 bits per heavy atom. The Morgan fingerprint density at radius 3 is 2.41 bits per heavy atom. The van der Waals surface area contributed by atoms with E-state index < -0.39 is 10.0 Å². The lowest BCUT2D eigenvalue weighted by atomic mass is 10.1. The average Bonchev–Trinajstić information content (AvgIpc) is 2.70. The van der Waals surface area contributed by atoms with E-state index in [0.29, 0.717) is 23.6 Å². The molecule has 0 aliphatic heterocycles. The number of benzene rings is 2. The first-order chi connectivity index (χ1) is 13.8. The highest BCUT2D eigenvalue weighted by atomic mass is 79.9. The molecule has 0 spiro atoms. The first-order valence-corrected chi connectivity index (χ1v) is 11.8. The van der Waals surface area contributed by atoms with Crippen LogP contribution in [0.15, 0.2) is 86.2 Å². The summed E-state index contributed by atoms with van der Waals surface area (Å²) in [6.07, 6.45) is 2.22. The highest BCUT2D eigenvalue weighted by molar-refractivity contribution is 9.10. The zero-order chi connectivity index (χ0) is 20.9. The highest BCUT2D eigenvalue weighted by Crippen LogP contribution is 2.29. The third kappa shape index (κ3) is 6.14. The van der Waals surface area contributed by atoms with Crippen LogP contribution in [-0.2, 0) is 16.4 Å². The summed E-state index contributed by atoms with van der Waals surface area (Å²) in [5, 5.41) is 8.61. The summed E-state index contributed by atoms with van der Waals surface area (Å²) in [6.45, 7) is 0.408. The molecule has 0 radical (unpaired) electrons. The van der Waals surface area contributed by atoms with E-state index in [0.717, 1.165) is 14.9 Å². The summed E-state index contributed by atoms with van der Waals surface area (Å²) in [6, 6.07) is 17.5. The van der Waals surface area contributed by atoms with Crippen LogP contribution in [0.5, 0.6) is 0 Å². The third-order valence-electron chi connectivity index (χ3n) is 4.00. The van der Waals surface area contributed by atoms with Gasteiger partial charge in [0.1, 0.15) is 5.03 Å².